The summed E-state index contributed by atoms with van der Waals surface area (Å²) in [5.74, 6) is 0.255. The molecular formula is C18H23FN4O. The predicted molar refractivity (Wildman–Crippen MR) is 89.9 cm³/mol. The summed E-state index contributed by atoms with van der Waals surface area (Å²) in [7, 11) is 1.73. The molecule has 2 heterocycles. The van der Waals surface area contributed by atoms with Crippen LogP contribution in [0.2, 0.25) is 0 Å². The minimum atomic E-state index is -0.266. The number of likely N-dealkylation sites (N-methyl/N-ethyl adjacent to an activating group) is 1. The van der Waals surface area contributed by atoms with Gasteiger partial charge in [-0.2, -0.15) is 5.10 Å². The number of aromatic amines is 1. The molecule has 5 nitrogen and oxygen atoms in total. The van der Waals surface area contributed by atoms with Crippen molar-refractivity contribution < 1.29 is 9.18 Å². The summed E-state index contributed by atoms with van der Waals surface area (Å²) in [6.07, 6.45) is 3.82. The Balaban J connectivity index is 1.48. The molecule has 128 valence electrons. The van der Waals surface area contributed by atoms with Gasteiger partial charge in [0.2, 0.25) is 5.91 Å². The zero-order valence-electron chi connectivity index (χ0n) is 13.9. The lowest BCUT2D eigenvalue weighted by molar-refractivity contribution is -0.131. The van der Waals surface area contributed by atoms with E-state index >= 15 is 0 Å². The van der Waals surface area contributed by atoms with Gasteiger partial charge in [0, 0.05) is 37.0 Å². The van der Waals surface area contributed by atoms with Gasteiger partial charge in [0.1, 0.15) is 5.82 Å². The summed E-state index contributed by atoms with van der Waals surface area (Å²) in [6, 6.07) is 8.61. The van der Waals surface area contributed by atoms with Crippen LogP contribution in [0.5, 0.6) is 0 Å². The summed E-state index contributed by atoms with van der Waals surface area (Å²) in [6.45, 7) is 2.47. The number of H-pyrrole nitrogens is 1. The summed E-state index contributed by atoms with van der Waals surface area (Å²) < 4.78 is 13.7. The number of halogens is 1. The van der Waals surface area contributed by atoms with Crippen LogP contribution in [-0.4, -0.2) is 52.6 Å². The number of carbonyl (C=O) groups excluding carboxylic acids is 1. The first-order chi connectivity index (χ1) is 11.6. The van der Waals surface area contributed by atoms with Gasteiger partial charge in [-0.25, -0.2) is 4.39 Å². The van der Waals surface area contributed by atoms with E-state index in [-0.39, 0.29) is 11.7 Å². The summed E-state index contributed by atoms with van der Waals surface area (Å²) >= 11 is 0. The minimum Gasteiger partial charge on any atom is -0.340 e. The average Bonchev–Trinajstić information content (AvgIpc) is 3.12. The van der Waals surface area contributed by atoms with E-state index < -0.39 is 0 Å². The Morgan fingerprint density at radius 3 is 2.75 bits per heavy atom. The van der Waals surface area contributed by atoms with Gasteiger partial charge in [-0.3, -0.25) is 14.8 Å². The van der Waals surface area contributed by atoms with E-state index in [4.69, 9.17) is 0 Å². The predicted octanol–water partition coefficient (Wildman–Crippen LogP) is 2.39. The third-order valence-corrected chi connectivity index (χ3v) is 4.70. The van der Waals surface area contributed by atoms with Crippen LogP contribution in [0.3, 0.4) is 0 Å². The quantitative estimate of drug-likeness (QED) is 0.916. The van der Waals surface area contributed by atoms with Crippen molar-refractivity contribution >= 4 is 5.91 Å². The minimum absolute atomic E-state index is 0.0262. The first kappa shape index (κ1) is 16.6. The van der Waals surface area contributed by atoms with E-state index in [0.717, 1.165) is 25.9 Å². The van der Waals surface area contributed by atoms with E-state index in [1.165, 1.54) is 11.8 Å². The van der Waals surface area contributed by atoms with Gasteiger partial charge in [-0.05, 0) is 38.1 Å². The van der Waals surface area contributed by atoms with Crippen molar-refractivity contribution in [3.05, 3.63) is 53.6 Å². The molecule has 1 aliphatic heterocycles. The van der Waals surface area contributed by atoms with Crippen molar-refractivity contribution in [2.24, 2.45) is 0 Å². The van der Waals surface area contributed by atoms with Crippen molar-refractivity contribution in [1.29, 1.82) is 0 Å². The number of carbonyl (C=O) groups is 1. The second kappa shape index (κ2) is 7.57. The second-order valence-corrected chi connectivity index (χ2v) is 6.40. The monoisotopic (exact) mass is 330 g/mol. The third-order valence-electron chi connectivity index (χ3n) is 4.70. The normalized spacial score (nSPS) is 16.2. The molecule has 0 atom stereocenters. The Bertz CT molecular complexity index is 665. The molecule has 2 aromatic rings. The molecule has 0 spiro atoms. The molecule has 0 radical (unpaired) electrons. The lowest BCUT2D eigenvalue weighted by atomic mass is 9.94. The molecule has 1 saturated heterocycles. The SMILES string of the molecule is CN(Cc1ccccc1F)C(=O)CN1CCC(c2ccn[nH]2)CC1. The van der Waals surface area contributed by atoms with Gasteiger partial charge in [-0.1, -0.05) is 18.2 Å². The third kappa shape index (κ3) is 4.00. The van der Waals surface area contributed by atoms with Gasteiger partial charge in [0.15, 0.2) is 0 Å². The van der Waals surface area contributed by atoms with Crippen LogP contribution in [0.4, 0.5) is 4.39 Å². The highest BCUT2D eigenvalue weighted by atomic mass is 19.1. The molecule has 0 bridgehead atoms. The fraction of sp³-hybridized carbons (Fsp3) is 0.444. The van der Waals surface area contributed by atoms with Crippen molar-refractivity contribution in [3.8, 4) is 0 Å². The van der Waals surface area contributed by atoms with Crippen molar-refractivity contribution in [1.82, 2.24) is 20.0 Å². The summed E-state index contributed by atoms with van der Waals surface area (Å²) in [5, 5.41) is 7.04. The van der Waals surface area contributed by atoms with Crippen LogP contribution in [0, 0.1) is 5.82 Å². The number of nitrogens with one attached hydrogen (secondary N) is 1. The molecule has 1 aliphatic rings. The van der Waals surface area contributed by atoms with Crippen molar-refractivity contribution in [2.45, 2.75) is 25.3 Å². The lowest BCUT2D eigenvalue weighted by Crippen LogP contribution is -2.41. The Kier molecular flexibility index (Phi) is 5.25. The standard InChI is InChI=1S/C18H23FN4O/c1-22(12-15-4-2-3-5-16(15)19)18(24)13-23-10-7-14(8-11-23)17-6-9-20-21-17/h2-6,9,14H,7-8,10-13H2,1H3,(H,20,21). The molecule has 24 heavy (non-hydrogen) atoms. The number of rotatable bonds is 5. The van der Waals surface area contributed by atoms with Crippen LogP contribution in [0.1, 0.15) is 30.0 Å². The number of nitrogens with zero attached hydrogens (tertiary/aromatic N) is 3. The Morgan fingerprint density at radius 1 is 1.33 bits per heavy atom. The van der Waals surface area contributed by atoms with Crippen molar-refractivity contribution in [3.63, 3.8) is 0 Å². The largest absolute Gasteiger partial charge is 0.340 e. The molecule has 1 aromatic heterocycles. The maximum atomic E-state index is 13.7. The van der Waals surface area contributed by atoms with Crippen LogP contribution in [-0.2, 0) is 11.3 Å². The first-order valence-corrected chi connectivity index (χ1v) is 8.32. The van der Waals surface area contributed by atoms with Gasteiger partial charge in [0.25, 0.3) is 0 Å². The van der Waals surface area contributed by atoms with E-state index in [2.05, 4.69) is 15.1 Å². The molecule has 1 amide bonds. The number of benzene rings is 1. The Hall–Kier alpha value is -2.21. The summed E-state index contributed by atoms with van der Waals surface area (Å²) in [4.78, 5) is 16.2. The fourth-order valence-electron chi connectivity index (χ4n) is 3.18. The van der Waals surface area contributed by atoms with E-state index in [1.54, 1.807) is 36.3 Å². The molecule has 0 aliphatic carbocycles. The number of hydrogen-bond donors (Lipinski definition) is 1. The molecule has 1 fully saturated rings. The van der Waals surface area contributed by atoms with Gasteiger partial charge in [-0.15, -0.1) is 0 Å². The number of aromatic nitrogens is 2. The average molecular weight is 330 g/mol. The highest BCUT2D eigenvalue weighted by Crippen LogP contribution is 2.26. The van der Waals surface area contributed by atoms with Crippen molar-refractivity contribution in [2.75, 3.05) is 26.7 Å². The number of amides is 1. The van der Waals surface area contributed by atoms with Gasteiger partial charge in [0.05, 0.1) is 6.54 Å². The van der Waals surface area contributed by atoms with Crippen LogP contribution >= 0.6 is 0 Å². The molecule has 0 saturated carbocycles. The first-order valence-electron chi connectivity index (χ1n) is 8.32. The molecule has 3 rings (SSSR count). The zero-order chi connectivity index (χ0) is 16.9. The maximum Gasteiger partial charge on any atom is 0.236 e. The molecule has 1 N–H and O–H groups in total. The van der Waals surface area contributed by atoms with E-state index in [0.29, 0.717) is 24.6 Å². The second-order valence-electron chi connectivity index (χ2n) is 6.40. The number of hydrogen-bond acceptors (Lipinski definition) is 3. The van der Waals surface area contributed by atoms with Crippen LogP contribution in [0.25, 0.3) is 0 Å². The number of likely N-dealkylation sites (tertiary alicyclic amines) is 1. The highest BCUT2D eigenvalue weighted by Gasteiger charge is 2.23. The fourth-order valence-corrected chi connectivity index (χ4v) is 3.18. The smallest absolute Gasteiger partial charge is 0.236 e. The lowest BCUT2D eigenvalue weighted by Gasteiger charge is -2.32. The Morgan fingerprint density at radius 2 is 2.08 bits per heavy atom. The zero-order valence-corrected chi connectivity index (χ0v) is 13.9. The highest BCUT2D eigenvalue weighted by molar-refractivity contribution is 5.78. The van der Waals surface area contributed by atoms with E-state index in [1.807, 2.05) is 6.07 Å². The van der Waals surface area contributed by atoms with Crippen LogP contribution in [0.15, 0.2) is 36.5 Å². The van der Waals surface area contributed by atoms with Crippen LogP contribution < -0.4 is 0 Å². The van der Waals surface area contributed by atoms with E-state index in [9.17, 15) is 9.18 Å². The molecule has 6 heteroatoms. The van der Waals surface area contributed by atoms with Gasteiger partial charge >= 0.3 is 0 Å². The van der Waals surface area contributed by atoms with Gasteiger partial charge < -0.3 is 4.90 Å². The number of piperidine rings is 1. The molecule has 1 aromatic carbocycles. The summed E-state index contributed by atoms with van der Waals surface area (Å²) in [5.41, 5.74) is 1.73. The molecular weight excluding hydrogens is 307 g/mol. The maximum absolute atomic E-state index is 13.7. The topological polar surface area (TPSA) is 52.2 Å². The molecule has 0 unspecified atom stereocenters. The Labute approximate surface area is 141 Å².